The summed E-state index contributed by atoms with van der Waals surface area (Å²) in [6.07, 6.45) is 52.5. The van der Waals surface area contributed by atoms with E-state index in [1.165, 1.54) is 128 Å². The van der Waals surface area contributed by atoms with Gasteiger partial charge in [0.1, 0.15) is 30.5 Å². The minimum Gasteiger partial charge on any atom is -0.457 e. The molecule has 4 N–H and O–H groups in total. The Hall–Kier alpha value is -2.20. The average molecular weight is 1010 g/mol. The zero-order chi connectivity index (χ0) is 51.0. The van der Waals surface area contributed by atoms with Crippen LogP contribution in [0, 0.1) is 0 Å². The molecule has 12 nitrogen and oxygen atoms in total. The summed E-state index contributed by atoms with van der Waals surface area (Å²) in [5.74, 6) is -0.398. The van der Waals surface area contributed by atoms with Crippen molar-refractivity contribution in [3.8, 4) is 0 Å². The van der Waals surface area contributed by atoms with Gasteiger partial charge in [-0.25, -0.2) is 4.18 Å². The molecule has 1 rings (SSSR count). The molecule has 0 aromatic carbocycles. The number of ether oxygens (including phenoxy) is 4. The molecular formula is C57H102O12S. The Kier molecular flexibility index (Phi) is 44.9. The molecule has 1 aliphatic heterocycles. The molecule has 13 heteroatoms. The van der Waals surface area contributed by atoms with E-state index < -0.39 is 59.8 Å². The van der Waals surface area contributed by atoms with Gasteiger partial charge in [0, 0.05) is 13.0 Å². The normalized spacial score (nSPS) is 19.5. The quantitative estimate of drug-likeness (QED) is 0.0196. The third-order valence-corrected chi connectivity index (χ3v) is 13.1. The lowest BCUT2D eigenvalue weighted by Crippen LogP contribution is -2.60. The zero-order valence-electron chi connectivity index (χ0n) is 44.1. The van der Waals surface area contributed by atoms with Crippen LogP contribution in [0.1, 0.15) is 232 Å². The first-order chi connectivity index (χ1) is 34.1. The van der Waals surface area contributed by atoms with E-state index in [0.29, 0.717) is 13.0 Å². The van der Waals surface area contributed by atoms with Crippen LogP contribution in [0.3, 0.4) is 0 Å². The largest absolute Gasteiger partial charge is 0.457 e. The summed E-state index contributed by atoms with van der Waals surface area (Å²) in [7, 11) is -5.07. The van der Waals surface area contributed by atoms with Crippen LogP contribution in [0.2, 0.25) is 0 Å². The molecule has 1 aliphatic rings. The SMILES string of the molecule is CC/C=C\C/C=C\C/C=C\C/C=C\C/C=C\CCCCCCCCCCCCOCC(COC1OC(CO)C(O)C(OS(=O)(=O)O)C1O)OC(=O)CCCCCCCCCCCCCCCCCCC. The van der Waals surface area contributed by atoms with E-state index in [4.69, 9.17) is 18.9 Å². The van der Waals surface area contributed by atoms with Crippen LogP contribution in [-0.4, -0.2) is 97.5 Å². The van der Waals surface area contributed by atoms with Gasteiger partial charge in [-0.3, -0.25) is 9.35 Å². The Morgan fingerprint density at radius 2 is 0.986 bits per heavy atom. The standard InChI is InChI=1S/C57H102O12S/c1-3-5-7-9-11-13-15-17-19-21-22-23-24-25-26-27-28-29-31-33-35-37-39-41-43-45-47-65-49-51(50-66-57-55(61)56(69-70(62,63)64)54(60)52(48-58)68-57)67-53(59)46-44-42-40-38-36-34-32-30-20-18-16-14-12-10-8-6-4-2/h5,7,11,13,17,19,22-23,25-26,51-52,54-58,60-61H,3-4,6,8-10,12,14-16,18,20-21,24,27-50H2,1-2H3,(H,62,63,64)/b7-5-,13-11-,19-17-,23-22-,26-25-. The molecule has 0 radical (unpaired) electrons. The Morgan fingerprint density at radius 1 is 0.557 bits per heavy atom. The molecule has 1 fully saturated rings. The fourth-order valence-electron chi connectivity index (χ4n) is 8.47. The smallest absolute Gasteiger partial charge is 0.397 e. The highest BCUT2D eigenvalue weighted by molar-refractivity contribution is 7.80. The molecule has 70 heavy (non-hydrogen) atoms. The molecule has 0 spiro atoms. The van der Waals surface area contributed by atoms with E-state index in [0.717, 1.165) is 77.0 Å². The van der Waals surface area contributed by atoms with Gasteiger partial charge in [0.05, 0.1) is 19.8 Å². The highest BCUT2D eigenvalue weighted by Gasteiger charge is 2.48. The van der Waals surface area contributed by atoms with Crippen molar-refractivity contribution in [2.24, 2.45) is 0 Å². The molecule has 1 saturated heterocycles. The van der Waals surface area contributed by atoms with Gasteiger partial charge in [0.25, 0.3) is 0 Å². The van der Waals surface area contributed by atoms with Crippen LogP contribution >= 0.6 is 0 Å². The predicted octanol–water partition coefficient (Wildman–Crippen LogP) is 13.6. The molecule has 0 amide bonds. The molecule has 6 unspecified atom stereocenters. The number of carbonyl (C=O) groups is 1. The number of rotatable bonds is 49. The van der Waals surface area contributed by atoms with E-state index in [-0.39, 0.29) is 19.6 Å². The molecule has 0 bridgehead atoms. The fraction of sp³-hybridized carbons (Fsp3) is 0.807. The maximum Gasteiger partial charge on any atom is 0.397 e. The first-order valence-electron chi connectivity index (χ1n) is 28.0. The minimum atomic E-state index is -5.07. The first kappa shape index (κ1) is 65.8. The third-order valence-electron chi connectivity index (χ3n) is 12.7. The summed E-state index contributed by atoms with van der Waals surface area (Å²) in [6.45, 7) is 3.90. The second kappa shape index (κ2) is 47.8. The number of unbranched alkanes of at least 4 members (excludes halogenated alkanes) is 26. The summed E-state index contributed by atoms with van der Waals surface area (Å²) in [5.41, 5.74) is 0. The van der Waals surface area contributed by atoms with Gasteiger partial charge in [0.2, 0.25) is 0 Å². The van der Waals surface area contributed by atoms with Crippen molar-refractivity contribution in [2.75, 3.05) is 26.4 Å². The van der Waals surface area contributed by atoms with Gasteiger partial charge in [-0.2, -0.15) is 8.42 Å². The number of aliphatic hydroxyl groups excluding tert-OH is 3. The number of hydrogen-bond donors (Lipinski definition) is 4. The van der Waals surface area contributed by atoms with Gasteiger partial charge in [-0.15, -0.1) is 0 Å². The number of hydrogen-bond acceptors (Lipinski definition) is 11. The van der Waals surface area contributed by atoms with Crippen molar-refractivity contribution < 1.29 is 56.2 Å². The molecule has 0 aliphatic carbocycles. The van der Waals surface area contributed by atoms with E-state index >= 15 is 0 Å². The Bertz CT molecular complexity index is 1450. The summed E-state index contributed by atoms with van der Waals surface area (Å²) in [6, 6.07) is 0. The molecule has 0 aromatic heterocycles. The van der Waals surface area contributed by atoms with Gasteiger partial charge in [-0.1, -0.05) is 229 Å². The summed E-state index contributed by atoms with van der Waals surface area (Å²) in [5, 5.41) is 30.8. The summed E-state index contributed by atoms with van der Waals surface area (Å²) in [4.78, 5) is 12.9. The maximum absolute atomic E-state index is 12.9. The summed E-state index contributed by atoms with van der Waals surface area (Å²) >= 11 is 0. The Balaban J connectivity index is 2.30. The molecule has 0 aromatic rings. The van der Waals surface area contributed by atoms with E-state index in [1.807, 2.05) is 0 Å². The number of carbonyl (C=O) groups excluding carboxylic acids is 1. The Labute approximate surface area is 427 Å². The average Bonchev–Trinajstić information content (AvgIpc) is 3.34. The van der Waals surface area contributed by atoms with E-state index in [9.17, 15) is 33.1 Å². The van der Waals surface area contributed by atoms with Crippen molar-refractivity contribution in [3.63, 3.8) is 0 Å². The van der Waals surface area contributed by atoms with Crippen molar-refractivity contribution in [1.82, 2.24) is 0 Å². The predicted molar refractivity (Wildman–Crippen MR) is 285 cm³/mol. The van der Waals surface area contributed by atoms with Crippen molar-refractivity contribution >= 4 is 16.4 Å². The van der Waals surface area contributed by atoms with Crippen molar-refractivity contribution in [1.29, 1.82) is 0 Å². The molecule has 0 saturated carbocycles. The topological polar surface area (TPSA) is 178 Å². The molecule has 1 heterocycles. The third kappa shape index (κ3) is 40.3. The fourth-order valence-corrected chi connectivity index (χ4v) is 8.97. The van der Waals surface area contributed by atoms with Gasteiger partial charge in [-0.05, 0) is 57.8 Å². The van der Waals surface area contributed by atoms with Crippen LogP contribution in [0.5, 0.6) is 0 Å². The van der Waals surface area contributed by atoms with Gasteiger partial charge < -0.3 is 34.3 Å². The first-order valence-corrected chi connectivity index (χ1v) is 29.4. The number of esters is 1. The van der Waals surface area contributed by atoms with Crippen molar-refractivity contribution in [2.45, 2.75) is 269 Å². The summed E-state index contributed by atoms with van der Waals surface area (Å²) < 4.78 is 59.4. The van der Waals surface area contributed by atoms with Crippen LogP contribution in [0.25, 0.3) is 0 Å². The van der Waals surface area contributed by atoms with Gasteiger partial charge in [0.15, 0.2) is 6.29 Å². The minimum absolute atomic E-state index is 0.0334. The number of aliphatic hydroxyl groups is 3. The lowest BCUT2D eigenvalue weighted by molar-refractivity contribution is -0.301. The monoisotopic (exact) mass is 1010 g/mol. The molecular weight excluding hydrogens is 909 g/mol. The van der Waals surface area contributed by atoms with Crippen LogP contribution in [0.4, 0.5) is 0 Å². The highest BCUT2D eigenvalue weighted by Crippen LogP contribution is 2.26. The molecule has 408 valence electrons. The lowest BCUT2D eigenvalue weighted by atomic mass is 9.99. The Morgan fingerprint density at radius 3 is 1.44 bits per heavy atom. The van der Waals surface area contributed by atoms with Crippen LogP contribution in [-0.2, 0) is 38.3 Å². The van der Waals surface area contributed by atoms with Crippen LogP contribution < -0.4 is 0 Å². The maximum atomic E-state index is 12.9. The highest BCUT2D eigenvalue weighted by atomic mass is 32.3. The lowest BCUT2D eigenvalue weighted by Gasteiger charge is -2.41. The van der Waals surface area contributed by atoms with Gasteiger partial charge >= 0.3 is 16.4 Å². The van der Waals surface area contributed by atoms with Crippen LogP contribution in [0.15, 0.2) is 60.8 Å². The second-order valence-electron chi connectivity index (χ2n) is 19.2. The molecule has 6 atom stereocenters. The van der Waals surface area contributed by atoms with E-state index in [2.05, 4.69) is 78.8 Å². The zero-order valence-corrected chi connectivity index (χ0v) is 44.9. The number of allylic oxidation sites excluding steroid dienone is 10. The van der Waals surface area contributed by atoms with Crippen molar-refractivity contribution in [3.05, 3.63) is 60.8 Å². The van der Waals surface area contributed by atoms with E-state index in [1.54, 1.807) is 0 Å². The second-order valence-corrected chi connectivity index (χ2v) is 20.2.